The van der Waals surface area contributed by atoms with E-state index in [2.05, 4.69) is 15.9 Å². The van der Waals surface area contributed by atoms with E-state index in [1.807, 2.05) is 6.08 Å². The zero-order valence-electron chi connectivity index (χ0n) is 19.5. The standard InChI is InChI=1S/C28H25BrFNO5/c29-19-12-21(32)24-18(25(19)33)11-17-14(22(24)15-7-4-8-20(30)26(15)34)9-10-16-23(17)28(36)31(27(16)35)13-5-2-1-3-6-13/h4,7-9,12-13,16-17,22-23,34H,1-3,5-6,10-11H2. The van der Waals surface area contributed by atoms with E-state index in [0.29, 0.717) is 12.0 Å². The maximum atomic E-state index is 14.4. The summed E-state index contributed by atoms with van der Waals surface area (Å²) in [6.45, 7) is 0. The number of phenols is 1. The SMILES string of the molecule is O=C1C=C(Br)C(=O)C2=C1C(c1cccc(F)c1O)C1=CCC3C(=O)N(C4CCCCC4)C(=O)C3C1C2. The number of hydrogen-bond donors (Lipinski definition) is 1. The van der Waals surface area contributed by atoms with Crippen molar-refractivity contribution in [3.05, 3.63) is 62.9 Å². The molecule has 6 nitrogen and oxygen atoms in total. The molecule has 1 saturated carbocycles. The summed E-state index contributed by atoms with van der Waals surface area (Å²) >= 11 is 3.19. The van der Waals surface area contributed by atoms with E-state index >= 15 is 0 Å². The number of fused-ring (bicyclic) bond motifs is 3. The monoisotopic (exact) mass is 553 g/mol. The second kappa shape index (κ2) is 8.61. The second-order valence-electron chi connectivity index (χ2n) is 10.4. The molecule has 5 aliphatic rings. The van der Waals surface area contributed by atoms with Crippen LogP contribution in [0.4, 0.5) is 4.39 Å². The van der Waals surface area contributed by atoms with E-state index in [-0.39, 0.29) is 57.0 Å². The zero-order valence-corrected chi connectivity index (χ0v) is 21.1. The first-order valence-corrected chi connectivity index (χ1v) is 13.3. The molecule has 1 saturated heterocycles. The van der Waals surface area contributed by atoms with Crippen molar-refractivity contribution in [2.24, 2.45) is 17.8 Å². The van der Waals surface area contributed by atoms with Crippen molar-refractivity contribution in [2.45, 2.75) is 56.9 Å². The van der Waals surface area contributed by atoms with Crippen molar-refractivity contribution >= 4 is 39.3 Å². The number of rotatable bonds is 2. The lowest BCUT2D eigenvalue weighted by Crippen LogP contribution is -2.43. The van der Waals surface area contributed by atoms with E-state index in [4.69, 9.17) is 0 Å². The number of likely N-dealkylation sites (tertiary alicyclic amines) is 1. The van der Waals surface area contributed by atoms with Crippen LogP contribution < -0.4 is 0 Å². The van der Waals surface area contributed by atoms with Gasteiger partial charge in [0.1, 0.15) is 0 Å². The molecular formula is C28H25BrFNO5. The van der Waals surface area contributed by atoms with Crippen LogP contribution in [-0.4, -0.2) is 39.4 Å². The lowest BCUT2D eigenvalue weighted by molar-refractivity contribution is -0.143. The number of hydrogen-bond acceptors (Lipinski definition) is 5. The highest BCUT2D eigenvalue weighted by atomic mass is 79.9. The molecule has 1 aromatic rings. The first kappa shape index (κ1) is 23.5. The summed E-state index contributed by atoms with van der Waals surface area (Å²) in [6, 6.07) is 4.04. The van der Waals surface area contributed by atoms with Gasteiger partial charge in [0.2, 0.25) is 11.8 Å². The van der Waals surface area contributed by atoms with Crippen LogP contribution in [0, 0.1) is 23.6 Å². The Balaban J connectivity index is 1.48. The topological polar surface area (TPSA) is 91.8 Å². The number of imide groups is 1. The van der Waals surface area contributed by atoms with Crippen molar-refractivity contribution in [1.29, 1.82) is 0 Å². The minimum Gasteiger partial charge on any atom is -0.505 e. The van der Waals surface area contributed by atoms with Crippen LogP contribution in [0.3, 0.4) is 0 Å². The lowest BCUT2D eigenvalue weighted by atomic mass is 9.59. The summed E-state index contributed by atoms with van der Waals surface area (Å²) in [5.41, 5.74) is 1.37. The minimum absolute atomic E-state index is 0.0933. The van der Waals surface area contributed by atoms with Gasteiger partial charge in [0.05, 0.1) is 16.3 Å². The lowest BCUT2D eigenvalue weighted by Gasteiger charge is -2.42. The highest BCUT2D eigenvalue weighted by molar-refractivity contribution is 9.12. The van der Waals surface area contributed by atoms with Crippen LogP contribution in [0.25, 0.3) is 0 Å². The first-order valence-electron chi connectivity index (χ1n) is 12.5. The van der Waals surface area contributed by atoms with Crippen LogP contribution in [-0.2, 0) is 19.2 Å². The third kappa shape index (κ3) is 3.33. The molecule has 36 heavy (non-hydrogen) atoms. The molecule has 2 amide bonds. The predicted molar refractivity (Wildman–Crippen MR) is 131 cm³/mol. The normalized spacial score (nSPS) is 30.7. The van der Waals surface area contributed by atoms with Crippen molar-refractivity contribution < 1.29 is 28.7 Å². The van der Waals surface area contributed by atoms with Gasteiger partial charge in [-0.25, -0.2) is 4.39 Å². The van der Waals surface area contributed by atoms with E-state index in [1.165, 1.54) is 17.0 Å². The Kier molecular flexibility index (Phi) is 5.63. The van der Waals surface area contributed by atoms with Gasteiger partial charge >= 0.3 is 0 Å². The molecule has 1 N–H and O–H groups in total. The molecule has 4 atom stereocenters. The molecule has 2 fully saturated rings. The molecule has 8 heteroatoms. The molecule has 0 bridgehead atoms. The summed E-state index contributed by atoms with van der Waals surface area (Å²) in [4.78, 5) is 55.2. The Morgan fingerprint density at radius 3 is 2.50 bits per heavy atom. The molecule has 4 unspecified atom stereocenters. The fourth-order valence-corrected chi connectivity index (χ4v) is 7.50. The fraction of sp³-hybridized carbons (Fsp3) is 0.429. The van der Waals surface area contributed by atoms with E-state index in [0.717, 1.165) is 38.2 Å². The molecule has 0 spiro atoms. The molecule has 186 valence electrons. The number of amides is 2. The first-order chi connectivity index (χ1) is 17.3. The van der Waals surface area contributed by atoms with Gasteiger partial charge in [-0.2, -0.15) is 0 Å². The Morgan fingerprint density at radius 2 is 1.75 bits per heavy atom. The minimum atomic E-state index is -0.865. The van der Waals surface area contributed by atoms with Crippen LogP contribution in [0.1, 0.15) is 56.4 Å². The van der Waals surface area contributed by atoms with Gasteiger partial charge in [-0.05, 0) is 53.6 Å². The van der Waals surface area contributed by atoms with E-state index < -0.39 is 35.2 Å². The number of Topliss-reactive ketones (excluding diaryl/α,β-unsaturated/α-hetero) is 1. The van der Waals surface area contributed by atoms with Gasteiger partial charge in [0.15, 0.2) is 23.1 Å². The molecular weight excluding hydrogens is 529 g/mol. The zero-order chi connectivity index (χ0) is 25.3. The summed E-state index contributed by atoms with van der Waals surface area (Å²) in [5, 5.41) is 10.7. The number of allylic oxidation sites excluding steroid dienone is 6. The van der Waals surface area contributed by atoms with Gasteiger partial charge < -0.3 is 5.11 Å². The molecule has 6 rings (SSSR count). The molecule has 1 heterocycles. The van der Waals surface area contributed by atoms with Crippen LogP contribution in [0.5, 0.6) is 5.75 Å². The number of carbonyl (C=O) groups is 4. The van der Waals surface area contributed by atoms with E-state index in [9.17, 15) is 28.7 Å². The van der Waals surface area contributed by atoms with Gasteiger partial charge in [-0.15, -0.1) is 0 Å². The quantitative estimate of drug-likeness (QED) is 0.327. The summed E-state index contributed by atoms with van der Waals surface area (Å²) in [6.07, 6.45) is 8.26. The summed E-state index contributed by atoms with van der Waals surface area (Å²) < 4.78 is 14.6. The number of para-hydroxylation sites is 1. The van der Waals surface area contributed by atoms with Crippen molar-refractivity contribution in [3.8, 4) is 5.75 Å². The Labute approximate surface area is 216 Å². The number of phenolic OH excluding ortho intramolecular Hbond substituents is 1. The van der Waals surface area contributed by atoms with Gasteiger partial charge in [-0.3, -0.25) is 24.1 Å². The fourth-order valence-electron chi connectivity index (χ4n) is 7.05. The van der Waals surface area contributed by atoms with Crippen molar-refractivity contribution in [1.82, 2.24) is 4.90 Å². The predicted octanol–water partition coefficient (Wildman–Crippen LogP) is 4.63. The van der Waals surface area contributed by atoms with Gasteiger partial charge in [-0.1, -0.05) is 43.0 Å². The third-order valence-corrected chi connectivity index (χ3v) is 9.22. The second-order valence-corrected chi connectivity index (χ2v) is 11.3. The Hall–Kier alpha value is -2.87. The van der Waals surface area contributed by atoms with Gasteiger partial charge in [0.25, 0.3) is 0 Å². The Morgan fingerprint density at radius 1 is 1.00 bits per heavy atom. The largest absolute Gasteiger partial charge is 0.505 e. The average Bonchev–Trinajstić information content (AvgIpc) is 3.13. The molecule has 0 aromatic heterocycles. The third-order valence-electron chi connectivity index (χ3n) is 8.63. The van der Waals surface area contributed by atoms with Crippen LogP contribution >= 0.6 is 15.9 Å². The molecule has 4 aliphatic carbocycles. The maximum Gasteiger partial charge on any atom is 0.233 e. The number of benzene rings is 1. The van der Waals surface area contributed by atoms with Gasteiger partial charge in [0, 0.05) is 34.7 Å². The van der Waals surface area contributed by atoms with Crippen LogP contribution in [0.15, 0.2) is 51.6 Å². The summed E-state index contributed by atoms with van der Waals surface area (Å²) in [7, 11) is 0. The molecule has 1 aromatic carbocycles. The Bertz CT molecular complexity index is 1320. The average molecular weight is 554 g/mol. The van der Waals surface area contributed by atoms with Crippen LogP contribution in [0.2, 0.25) is 0 Å². The number of aromatic hydroxyl groups is 1. The maximum absolute atomic E-state index is 14.4. The highest BCUT2D eigenvalue weighted by Crippen LogP contribution is 2.56. The summed E-state index contributed by atoms with van der Waals surface area (Å²) in [5.74, 6) is -5.00. The number of halogens is 2. The molecule has 0 radical (unpaired) electrons. The molecule has 1 aliphatic heterocycles. The van der Waals surface area contributed by atoms with Crippen molar-refractivity contribution in [2.75, 3.05) is 0 Å². The van der Waals surface area contributed by atoms with Crippen molar-refractivity contribution in [3.63, 3.8) is 0 Å². The number of ketones is 2. The highest BCUT2D eigenvalue weighted by Gasteiger charge is 2.57. The number of carbonyl (C=O) groups excluding carboxylic acids is 4. The number of nitrogens with zero attached hydrogens (tertiary/aromatic N) is 1. The smallest absolute Gasteiger partial charge is 0.233 e. The van der Waals surface area contributed by atoms with E-state index in [1.54, 1.807) is 6.07 Å².